The van der Waals surface area contributed by atoms with Crippen LogP contribution in [0.1, 0.15) is 26.2 Å². The molecule has 0 aromatic heterocycles. The topological polar surface area (TPSA) is 98.2 Å². The molecule has 0 saturated carbocycles. The van der Waals surface area contributed by atoms with Crippen molar-refractivity contribution in [3.8, 4) is 0 Å². The highest BCUT2D eigenvalue weighted by Gasteiger charge is 2.14. The molecular weight excluding hydrogens is 182 g/mol. The summed E-state index contributed by atoms with van der Waals surface area (Å²) in [4.78, 5) is 21.8. The zero-order valence-corrected chi connectivity index (χ0v) is 8.58. The number of carbonyl (C=O) groups excluding carboxylic acids is 2. The van der Waals surface area contributed by atoms with Gasteiger partial charge in [-0.15, -0.1) is 0 Å². The molecule has 5 nitrogen and oxygen atoms in total. The molecule has 0 spiro atoms. The van der Waals surface area contributed by atoms with Crippen molar-refractivity contribution >= 4 is 11.8 Å². The van der Waals surface area contributed by atoms with E-state index in [1.807, 2.05) is 6.92 Å². The first-order valence-electron chi connectivity index (χ1n) is 4.87. The van der Waals surface area contributed by atoms with Crippen LogP contribution in [0.3, 0.4) is 0 Å². The van der Waals surface area contributed by atoms with Gasteiger partial charge in [0, 0.05) is 19.5 Å². The van der Waals surface area contributed by atoms with E-state index in [1.165, 1.54) is 0 Å². The number of primary amides is 1. The Morgan fingerprint density at radius 3 is 2.50 bits per heavy atom. The van der Waals surface area contributed by atoms with Gasteiger partial charge in [0.2, 0.25) is 11.8 Å². The second kappa shape index (κ2) is 7.32. The van der Waals surface area contributed by atoms with E-state index in [0.717, 1.165) is 12.8 Å². The molecule has 1 unspecified atom stereocenters. The molecule has 82 valence electrons. The van der Waals surface area contributed by atoms with Crippen molar-refractivity contribution in [1.29, 1.82) is 0 Å². The highest BCUT2D eigenvalue weighted by atomic mass is 16.2. The van der Waals surface area contributed by atoms with Gasteiger partial charge in [-0.05, 0) is 6.42 Å². The standard InChI is InChI=1S/C9H19N3O2/c1-2-3-7(6-10)9(14)12-5-4-8(11)13/h7H,2-6,10H2,1H3,(H2,11,13)(H,12,14). The van der Waals surface area contributed by atoms with Crippen molar-refractivity contribution in [2.24, 2.45) is 17.4 Å². The zero-order valence-electron chi connectivity index (χ0n) is 8.58. The molecule has 0 fully saturated rings. The third-order valence-electron chi connectivity index (χ3n) is 1.96. The van der Waals surface area contributed by atoms with E-state index in [1.54, 1.807) is 0 Å². The molecule has 5 N–H and O–H groups in total. The van der Waals surface area contributed by atoms with E-state index in [2.05, 4.69) is 5.32 Å². The Labute approximate surface area is 84.2 Å². The molecule has 0 aliphatic carbocycles. The summed E-state index contributed by atoms with van der Waals surface area (Å²) < 4.78 is 0. The number of nitrogens with one attached hydrogen (secondary N) is 1. The minimum Gasteiger partial charge on any atom is -0.370 e. The number of carbonyl (C=O) groups is 2. The van der Waals surface area contributed by atoms with Crippen LogP contribution in [0.5, 0.6) is 0 Å². The predicted octanol–water partition coefficient (Wildman–Crippen LogP) is -0.647. The number of nitrogens with two attached hydrogens (primary N) is 2. The Morgan fingerprint density at radius 1 is 1.43 bits per heavy atom. The quantitative estimate of drug-likeness (QED) is 0.510. The summed E-state index contributed by atoms with van der Waals surface area (Å²) in [6, 6.07) is 0. The Bertz CT molecular complexity index is 194. The molecule has 0 aliphatic heterocycles. The number of hydrogen-bond donors (Lipinski definition) is 3. The van der Waals surface area contributed by atoms with Crippen LogP contribution in [-0.2, 0) is 9.59 Å². The van der Waals surface area contributed by atoms with E-state index < -0.39 is 5.91 Å². The molecule has 2 amide bonds. The highest BCUT2D eigenvalue weighted by molar-refractivity contribution is 5.80. The van der Waals surface area contributed by atoms with Crippen molar-refractivity contribution in [2.75, 3.05) is 13.1 Å². The van der Waals surface area contributed by atoms with Crippen LogP contribution < -0.4 is 16.8 Å². The lowest BCUT2D eigenvalue weighted by atomic mass is 10.0. The maximum Gasteiger partial charge on any atom is 0.224 e. The predicted molar refractivity (Wildman–Crippen MR) is 54.3 cm³/mol. The summed E-state index contributed by atoms with van der Waals surface area (Å²) in [5.41, 5.74) is 10.4. The van der Waals surface area contributed by atoms with Crippen LogP contribution in [-0.4, -0.2) is 24.9 Å². The van der Waals surface area contributed by atoms with Crippen molar-refractivity contribution in [3.63, 3.8) is 0 Å². The van der Waals surface area contributed by atoms with Crippen molar-refractivity contribution < 1.29 is 9.59 Å². The molecule has 1 atom stereocenters. The summed E-state index contributed by atoms with van der Waals surface area (Å²) in [6.45, 7) is 2.64. The molecule has 0 saturated heterocycles. The smallest absolute Gasteiger partial charge is 0.224 e. The molecular formula is C9H19N3O2. The fourth-order valence-corrected chi connectivity index (χ4v) is 1.16. The molecule has 14 heavy (non-hydrogen) atoms. The average molecular weight is 201 g/mol. The monoisotopic (exact) mass is 201 g/mol. The second-order valence-corrected chi connectivity index (χ2v) is 3.23. The van der Waals surface area contributed by atoms with E-state index in [-0.39, 0.29) is 18.2 Å². The van der Waals surface area contributed by atoms with E-state index in [4.69, 9.17) is 11.5 Å². The summed E-state index contributed by atoms with van der Waals surface area (Å²) in [5, 5.41) is 2.63. The molecule has 0 radical (unpaired) electrons. The van der Waals surface area contributed by atoms with E-state index >= 15 is 0 Å². The fraction of sp³-hybridized carbons (Fsp3) is 0.778. The first-order valence-corrected chi connectivity index (χ1v) is 4.87. The van der Waals surface area contributed by atoms with Gasteiger partial charge in [0.1, 0.15) is 0 Å². The maximum atomic E-state index is 11.4. The number of rotatable bonds is 7. The average Bonchev–Trinajstić information content (AvgIpc) is 2.13. The van der Waals surface area contributed by atoms with E-state index in [0.29, 0.717) is 13.1 Å². The van der Waals surface area contributed by atoms with E-state index in [9.17, 15) is 9.59 Å². The molecule has 0 aromatic rings. The summed E-state index contributed by atoms with van der Waals surface area (Å²) in [6.07, 6.45) is 1.87. The normalized spacial score (nSPS) is 12.1. The molecule has 0 rings (SSSR count). The largest absolute Gasteiger partial charge is 0.370 e. The Balaban J connectivity index is 3.74. The molecule has 0 aromatic carbocycles. The van der Waals surface area contributed by atoms with Crippen molar-refractivity contribution in [3.05, 3.63) is 0 Å². The van der Waals surface area contributed by atoms with Gasteiger partial charge in [0.25, 0.3) is 0 Å². The lowest BCUT2D eigenvalue weighted by Gasteiger charge is -2.13. The van der Waals surface area contributed by atoms with Gasteiger partial charge in [-0.1, -0.05) is 13.3 Å². The zero-order chi connectivity index (χ0) is 11.0. The van der Waals surface area contributed by atoms with Crippen molar-refractivity contribution in [2.45, 2.75) is 26.2 Å². The van der Waals surface area contributed by atoms with Crippen LogP contribution in [0, 0.1) is 5.92 Å². The first kappa shape index (κ1) is 12.9. The SMILES string of the molecule is CCCC(CN)C(=O)NCCC(N)=O. The third-order valence-corrected chi connectivity index (χ3v) is 1.96. The van der Waals surface area contributed by atoms with Gasteiger partial charge in [-0.3, -0.25) is 9.59 Å². The van der Waals surface area contributed by atoms with Crippen LogP contribution in [0.25, 0.3) is 0 Å². The summed E-state index contributed by atoms with van der Waals surface area (Å²) >= 11 is 0. The van der Waals surface area contributed by atoms with Crippen LogP contribution >= 0.6 is 0 Å². The maximum absolute atomic E-state index is 11.4. The Kier molecular flexibility index (Phi) is 6.74. The minimum absolute atomic E-state index is 0.0874. The first-order chi connectivity index (χ1) is 6.61. The van der Waals surface area contributed by atoms with Gasteiger partial charge in [-0.25, -0.2) is 0 Å². The number of amides is 2. The summed E-state index contributed by atoms with van der Waals surface area (Å²) in [7, 11) is 0. The Morgan fingerprint density at radius 2 is 2.07 bits per heavy atom. The molecule has 0 bridgehead atoms. The lowest BCUT2D eigenvalue weighted by molar-refractivity contribution is -0.125. The second-order valence-electron chi connectivity index (χ2n) is 3.23. The van der Waals surface area contributed by atoms with Crippen LogP contribution in [0.4, 0.5) is 0 Å². The minimum atomic E-state index is -0.412. The molecule has 0 aliphatic rings. The van der Waals surface area contributed by atoms with Gasteiger partial charge < -0.3 is 16.8 Å². The molecule has 0 heterocycles. The third kappa shape index (κ3) is 5.53. The van der Waals surface area contributed by atoms with Gasteiger partial charge >= 0.3 is 0 Å². The highest BCUT2D eigenvalue weighted by Crippen LogP contribution is 2.03. The van der Waals surface area contributed by atoms with Crippen molar-refractivity contribution in [1.82, 2.24) is 5.32 Å². The van der Waals surface area contributed by atoms with Gasteiger partial charge in [0.15, 0.2) is 0 Å². The Hall–Kier alpha value is -1.10. The van der Waals surface area contributed by atoms with Crippen LogP contribution in [0.15, 0.2) is 0 Å². The number of hydrogen-bond acceptors (Lipinski definition) is 3. The van der Waals surface area contributed by atoms with Gasteiger partial charge in [0.05, 0.1) is 5.92 Å². The van der Waals surface area contributed by atoms with Crippen LogP contribution in [0.2, 0.25) is 0 Å². The van der Waals surface area contributed by atoms with Gasteiger partial charge in [-0.2, -0.15) is 0 Å². The summed E-state index contributed by atoms with van der Waals surface area (Å²) in [5.74, 6) is -0.645. The fourth-order valence-electron chi connectivity index (χ4n) is 1.16. The lowest BCUT2D eigenvalue weighted by Crippen LogP contribution is -2.36. The molecule has 5 heteroatoms.